The highest BCUT2D eigenvalue weighted by atomic mass is 32.2. The molecule has 0 atom stereocenters. The first-order valence-corrected chi connectivity index (χ1v) is 6.39. The van der Waals surface area contributed by atoms with Crippen molar-refractivity contribution < 1.29 is 9.21 Å². The first kappa shape index (κ1) is 13.1. The van der Waals surface area contributed by atoms with E-state index in [0.29, 0.717) is 22.4 Å². The monoisotopic (exact) mass is 274 g/mol. The van der Waals surface area contributed by atoms with Crippen LogP contribution in [0.1, 0.15) is 11.5 Å². The van der Waals surface area contributed by atoms with Crippen molar-refractivity contribution in [1.29, 1.82) is 5.26 Å². The summed E-state index contributed by atoms with van der Waals surface area (Å²) in [7, 11) is 0. The minimum atomic E-state index is -0.175. The highest BCUT2D eigenvalue weighted by molar-refractivity contribution is 7.99. The molecule has 0 aliphatic rings. The molecule has 0 bridgehead atoms. The summed E-state index contributed by atoms with van der Waals surface area (Å²) >= 11 is 1.17. The predicted molar refractivity (Wildman–Crippen MR) is 69.5 cm³/mol. The van der Waals surface area contributed by atoms with Gasteiger partial charge in [-0.25, -0.2) is 0 Å². The second-order valence-electron chi connectivity index (χ2n) is 3.61. The lowest BCUT2D eigenvalue weighted by atomic mass is 10.2. The zero-order chi connectivity index (χ0) is 13.7. The number of aryl methyl sites for hydroxylation is 1. The highest BCUT2D eigenvalue weighted by Crippen LogP contribution is 2.16. The molecule has 1 N–H and O–H groups in total. The number of rotatable bonds is 4. The molecule has 0 saturated heterocycles. The van der Waals surface area contributed by atoms with Crippen molar-refractivity contribution in [3.63, 3.8) is 0 Å². The topological polar surface area (TPSA) is 91.8 Å². The molecule has 19 heavy (non-hydrogen) atoms. The van der Waals surface area contributed by atoms with Gasteiger partial charge in [0.25, 0.3) is 5.22 Å². The summed E-state index contributed by atoms with van der Waals surface area (Å²) in [6.45, 7) is 1.69. The van der Waals surface area contributed by atoms with Crippen molar-refractivity contribution in [2.75, 3.05) is 11.1 Å². The van der Waals surface area contributed by atoms with Crippen LogP contribution in [0, 0.1) is 18.3 Å². The van der Waals surface area contributed by atoms with Crippen molar-refractivity contribution in [2.45, 2.75) is 12.1 Å². The van der Waals surface area contributed by atoms with Crippen molar-refractivity contribution in [3.8, 4) is 6.07 Å². The van der Waals surface area contributed by atoms with Crippen LogP contribution in [0.4, 0.5) is 5.69 Å². The Labute approximate surface area is 113 Å². The molecule has 0 spiro atoms. The van der Waals surface area contributed by atoms with Crippen molar-refractivity contribution in [2.24, 2.45) is 0 Å². The molecule has 1 aromatic carbocycles. The molecule has 2 aromatic rings. The first-order chi connectivity index (χ1) is 9.17. The van der Waals surface area contributed by atoms with E-state index in [-0.39, 0.29) is 11.7 Å². The highest BCUT2D eigenvalue weighted by Gasteiger charge is 2.08. The Bertz CT molecular complexity index is 615. The molecule has 7 heteroatoms. The molecule has 0 radical (unpaired) electrons. The number of amides is 1. The van der Waals surface area contributed by atoms with Gasteiger partial charge in [-0.2, -0.15) is 5.26 Å². The quantitative estimate of drug-likeness (QED) is 0.857. The maximum atomic E-state index is 11.7. The predicted octanol–water partition coefficient (Wildman–Crippen LogP) is 1.98. The Hall–Kier alpha value is -2.33. The standard InChI is InChI=1S/C12H10N4O2S/c1-8-15-16-12(18-8)19-7-11(17)14-10-4-2-9(6-13)3-5-10/h2-5H,7H2,1H3,(H,14,17). The lowest BCUT2D eigenvalue weighted by molar-refractivity contribution is -0.113. The van der Waals surface area contributed by atoms with Crippen LogP contribution in [-0.2, 0) is 4.79 Å². The summed E-state index contributed by atoms with van der Waals surface area (Å²) in [5.74, 6) is 0.474. The summed E-state index contributed by atoms with van der Waals surface area (Å²) in [4.78, 5) is 11.7. The molecule has 0 unspecified atom stereocenters. The average molecular weight is 274 g/mol. The number of nitrogens with zero attached hydrogens (tertiary/aromatic N) is 3. The smallest absolute Gasteiger partial charge is 0.277 e. The van der Waals surface area contributed by atoms with Crippen LogP contribution in [0.25, 0.3) is 0 Å². The van der Waals surface area contributed by atoms with Crippen LogP contribution < -0.4 is 5.32 Å². The number of thioether (sulfide) groups is 1. The van der Waals surface area contributed by atoms with Crippen LogP contribution in [0.5, 0.6) is 0 Å². The summed E-state index contributed by atoms with van der Waals surface area (Å²) in [6.07, 6.45) is 0. The Kier molecular flexibility index (Phi) is 4.15. The maximum Gasteiger partial charge on any atom is 0.277 e. The second kappa shape index (κ2) is 6.02. The zero-order valence-electron chi connectivity index (χ0n) is 10.1. The van der Waals surface area contributed by atoms with Gasteiger partial charge in [0.2, 0.25) is 11.8 Å². The van der Waals surface area contributed by atoms with E-state index in [4.69, 9.17) is 9.68 Å². The van der Waals surface area contributed by atoms with Crippen LogP contribution in [-0.4, -0.2) is 21.9 Å². The lowest BCUT2D eigenvalue weighted by Crippen LogP contribution is -2.13. The molecule has 1 amide bonds. The van der Waals surface area contributed by atoms with E-state index in [0.717, 1.165) is 0 Å². The van der Waals surface area contributed by atoms with Gasteiger partial charge in [-0.1, -0.05) is 11.8 Å². The molecule has 1 heterocycles. The molecule has 0 fully saturated rings. The van der Waals surface area contributed by atoms with Crippen LogP contribution in [0.2, 0.25) is 0 Å². The van der Waals surface area contributed by atoms with Crippen LogP contribution in [0.3, 0.4) is 0 Å². The Morgan fingerprint density at radius 1 is 1.42 bits per heavy atom. The second-order valence-corrected chi connectivity index (χ2v) is 4.54. The number of hydrogen-bond acceptors (Lipinski definition) is 6. The third kappa shape index (κ3) is 3.82. The third-order valence-electron chi connectivity index (χ3n) is 2.13. The Balaban J connectivity index is 1.85. The van der Waals surface area contributed by atoms with Crippen LogP contribution >= 0.6 is 11.8 Å². The molecule has 6 nitrogen and oxygen atoms in total. The molecule has 0 aliphatic heterocycles. The molecule has 2 rings (SSSR count). The summed E-state index contributed by atoms with van der Waals surface area (Å²) in [6, 6.07) is 8.66. The lowest BCUT2D eigenvalue weighted by Gasteiger charge is -2.03. The molecular weight excluding hydrogens is 264 g/mol. The molecule has 0 aliphatic carbocycles. The molecule has 0 saturated carbocycles. The first-order valence-electron chi connectivity index (χ1n) is 5.40. The fraction of sp³-hybridized carbons (Fsp3) is 0.167. The van der Waals surface area contributed by atoms with Gasteiger partial charge in [0.05, 0.1) is 17.4 Å². The summed E-state index contributed by atoms with van der Waals surface area (Å²) in [5, 5.41) is 19.2. The number of benzene rings is 1. The van der Waals surface area contributed by atoms with Crippen molar-refractivity contribution >= 4 is 23.4 Å². The van der Waals surface area contributed by atoms with Gasteiger partial charge in [-0.3, -0.25) is 4.79 Å². The number of nitrogens with one attached hydrogen (secondary N) is 1. The number of carbonyl (C=O) groups is 1. The van der Waals surface area contributed by atoms with Crippen molar-refractivity contribution in [3.05, 3.63) is 35.7 Å². The van der Waals surface area contributed by atoms with Gasteiger partial charge in [0.1, 0.15) is 0 Å². The SMILES string of the molecule is Cc1nnc(SCC(=O)Nc2ccc(C#N)cc2)o1. The zero-order valence-corrected chi connectivity index (χ0v) is 10.9. The minimum Gasteiger partial charge on any atom is -0.416 e. The van der Waals surface area contributed by atoms with Gasteiger partial charge in [0, 0.05) is 12.6 Å². The Morgan fingerprint density at radius 3 is 2.74 bits per heavy atom. The van der Waals surface area contributed by atoms with Crippen molar-refractivity contribution in [1.82, 2.24) is 10.2 Å². The average Bonchev–Trinajstić information content (AvgIpc) is 2.83. The summed E-state index contributed by atoms with van der Waals surface area (Å²) in [5.41, 5.74) is 1.19. The normalized spacial score (nSPS) is 9.89. The molecule has 96 valence electrons. The van der Waals surface area contributed by atoms with E-state index in [2.05, 4.69) is 15.5 Å². The largest absolute Gasteiger partial charge is 0.416 e. The van der Waals surface area contributed by atoms with Gasteiger partial charge in [0.15, 0.2) is 0 Å². The number of nitriles is 1. The number of aromatic nitrogens is 2. The number of carbonyl (C=O) groups excluding carboxylic acids is 1. The fourth-order valence-electron chi connectivity index (χ4n) is 1.29. The van der Waals surface area contributed by atoms with Gasteiger partial charge in [-0.15, -0.1) is 10.2 Å². The van der Waals surface area contributed by atoms with Gasteiger partial charge >= 0.3 is 0 Å². The molecule has 1 aromatic heterocycles. The van der Waals surface area contributed by atoms with E-state index < -0.39 is 0 Å². The minimum absolute atomic E-state index is 0.175. The van der Waals surface area contributed by atoms with E-state index >= 15 is 0 Å². The van der Waals surface area contributed by atoms with E-state index in [1.165, 1.54) is 11.8 Å². The third-order valence-corrected chi connectivity index (χ3v) is 2.95. The Morgan fingerprint density at radius 2 is 2.16 bits per heavy atom. The van der Waals surface area contributed by atoms with E-state index in [1.54, 1.807) is 31.2 Å². The maximum absolute atomic E-state index is 11.7. The summed E-state index contributed by atoms with van der Waals surface area (Å²) < 4.78 is 5.14. The number of anilines is 1. The van der Waals surface area contributed by atoms with Crippen LogP contribution in [0.15, 0.2) is 33.9 Å². The fourth-order valence-corrected chi connectivity index (χ4v) is 1.89. The van der Waals surface area contributed by atoms with E-state index in [9.17, 15) is 4.79 Å². The van der Waals surface area contributed by atoms with Gasteiger partial charge < -0.3 is 9.73 Å². The van der Waals surface area contributed by atoms with Gasteiger partial charge in [-0.05, 0) is 24.3 Å². The molecular formula is C12H10N4O2S. The van der Waals surface area contributed by atoms with E-state index in [1.807, 2.05) is 6.07 Å². The number of hydrogen-bond donors (Lipinski definition) is 1.